The van der Waals surface area contributed by atoms with E-state index in [1.54, 1.807) is 0 Å². The molecule has 1 saturated heterocycles. The Morgan fingerprint density at radius 2 is 2.21 bits per heavy atom. The largest absolute Gasteiger partial charge is 0.485 e. The maximum absolute atomic E-state index is 13.0. The Kier molecular flexibility index (Phi) is 3.91. The first-order valence-electron chi connectivity index (χ1n) is 8.16. The summed E-state index contributed by atoms with van der Waals surface area (Å²) >= 11 is 1.36. The monoisotopic (exact) mass is 349 g/mol. The maximum Gasteiger partial charge on any atom is 0.268 e. The van der Waals surface area contributed by atoms with Crippen molar-refractivity contribution in [2.75, 3.05) is 19.8 Å². The molecule has 24 heavy (non-hydrogen) atoms. The number of likely N-dealkylation sites (tertiary alicyclic amines) is 1. The van der Waals surface area contributed by atoms with Gasteiger partial charge in [-0.2, -0.15) is 4.98 Å². The minimum absolute atomic E-state index is 0.0569. The molecule has 2 aliphatic heterocycles. The standard InChI is InChI=1S/C16H19N3O4S/c1-9(2)14-17-15(23-18-14)10-4-3-5-19(10)16(20)13-12-11(8-24-13)21-6-7-22-12/h8-10H,3-7H2,1-2H3/t10-/m0/s1. The number of carbonyl (C=O) groups is 1. The summed E-state index contributed by atoms with van der Waals surface area (Å²) in [5.74, 6) is 2.56. The molecule has 1 atom stereocenters. The van der Waals surface area contributed by atoms with Gasteiger partial charge in [0.2, 0.25) is 5.89 Å². The van der Waals surface area contributed by atoms with Gasteiger partial charge in [-0.25, -0.2) is 0 Å². The summed E-state index contributed by atoms with van der Waals surface area (Å²) in [6.45, 7) is 5.69. The quantitative estimate of drug-likeness (QED) is 0.848. The van der Waals surface area contributed by atoms with E-state index in [9.17, 15) is 4.79 Å². The SMILES string of the molecule is CC(C)c1noc([C@@H]2CCCN2C(=O)c2scc3c2OCCO3)n1. The average molecular weight is 349 g/mol. The van der Waals surface area contributed by atoms with Gasteiger partial charge in [0.1, 0.15) is 24.1 Å². The average Bonchev–Trinajstić information content (AvgIpc) is 3.31. The van der Waals surface area contributed by atoms with Crippen LogP contribution in [0, 0.1) is 0 Å². The molecule has 0 aliphatic carbocycles. The van der Waals surface area contributed by atoms with Crippen molar-refractivity contribution < 1.29 is 18.8 Å². The predicted molar refractivity (Wildman–Crippen MR) is 86.7 cm³/mol. The molecule has 4 rings (SSSR count). The first kappa shape index (κ1) is 15.4. The third-order valence-corrected chi connectivity index (χ3v) is 5.20. The van der Waals surface area contributed by atoms with Crippen LogP contribution in [-0.4, -0.2) is 40.7 Å². The molecular formula is C16H19N3O4S. The smallest absolute Gasteiger partial charge is 0.268 e. The van der Waals surface area contributed by atoms with Crippen molar-refractivity contribution in [2.45, 2.75) is 38.6 Å². The highest BCUT2D eigenvalue weighted by Gasteiger charge is 2.37. The molecule has 0 radical (unpaired) electrons. The molecule has 0 bridgehead atoms. The van der Waals surface area contributed by atoms with Crippen LogP contribution in [0.25, 0.3) is 0 Å². The molecular weight excluding hydrogens is 330 g/mol. The number of fused-ring (bicyclic) bond motifs is 1. The van der Waals surface area contributed by atoms with Gasteiger partial charge in [0, 0.05) is 17.8 Å². The Morgan fingerprint density at radius 1 is 1.38 bits per heavy atom. The van der Waals surface area contributed by atoms with Crippen molar-refractivity contribution in [3.05, 3.63) is 22.0 Å². The number of nitrogens with zero attached hydrogens (tertiary/aromatic N) is 3. The Labute approximate surface area is 143 Å². The van der Waals surface area contributed by atoms with E-state index in [0.29, 0.717) is 47.8 Å². The highest BCUT2D eigenvalue weighted by atomic mass is 32.1. The molecule has 8 heteroatoms. The lowest BCUT2D eigenvalue weighted by atomic mass is 10.2. The van der Waals surface area contributed by atoms with Crippen molar-refractivity contribution >= 4 is 17.2 Å². The van der Waals surface area contributed by atoms with Gasteiger partial charge < -0.3 is 18.9 Å². The van der Waals surface area contributed by atoms with Gasteiger partial charge in [-0.1, -0.05) is 19.0 Å². The third kappa shape index (κ3) is 2.54. The maximum atomic E-state index is 13.0. The van der Waals surface area contributed by atoms with E-state index in [0.717, 1.165) is 12.8 Å². The van der Waals surface area contributed by atoms with Gasteiger partial charge in [0.25, 0.3) is 5.91 Å². The molecule has 2 aromatic heterocycles. The number of aromatic nitrogens is 2. The minimum atomic E-state index is -0.167. The molecule has 2 aliphatic rings. The first-order chi connectivity index (χ1) is 11.6. The zero-order chi connectivity index (χ0) is 16.7. The van der Waals surface area contributed by atoms with Gasteiger partial charge in [-0.15, -0.1) is 11.3 Å². The molecule has 7 nitrogen and oxygen atoms in total. The number of hydrogen-bond acceptors (Lipinski definition) is 7. The van der Waals surface area contributed by atoms with Crippen molar-refractivity contribution in [2.24, 2.45) is 0 Å². The molecule has 4 heterocycles. The Hall–Kier alpha value is -2.09. The summed E-state index contributed by atoms with van der Waals surface area (Å²) in [4.78, 5) is 19.9. The number of hydrogen-bond donors (Lipinski definition) is 0. The van der Waals surface area contributed by atoms with Gasteiger partial charge in [0.05, 0.1) is 0 Å². The van der Waals surface area contributed by atoms with Crippen molar-refractivity contribution in [3.8, 4) is 11.5 Å². The summed E-state index contributed by atoms with van der Waals surface area (Å²) in [7, 11) is 0. The fourth-order valence-corrected chi connectivity index (χ4v) is 3.91. The number of carbonyl (C=O) groups excluding carboxylic acids is 1. The highest BCUT2D eigenvalue weighted by molar-refractivity contribution is 7.12. The number of ether oxygens (including phenoxy) is 2. The van der Waals surface area contributed by atoms with E-state index in [4.69, 9.17) is 14.0 Å². The van der Waals surface area contributed by atoms with Gasteiger partial charge in [0.15, 0.2) is 17.3 Å². The normalized spacial score (nSPS) is 20.0. The second kappa shape index (κ2) is 6.08. The van der Waals surface area contributed by atoms with E-state index >= 15 is 0 Å². The van der Waals surface area contributed by atoms with Crippen molar-refractivity contribution in [3.63, 3.8) is 0 Å². The molecule has 0 aromatic carbocycles. The van der Waals surface area contributed by atoms with Crippen LogP contribution >= 0.6 is 11.3 Å². The summed E-state index contributed by atoms with van der Waals surface area (Å²) in [5, 5.41) is 5.85. The summed E-state index contributed by atoms with van der Waals surface area (Å²) in [6.07, 6.45) is 1.75. The van der Waals surface area contributed by atoms with Crippen LogP contribution < -0.4 is 9.47 Å². The van der Waals surface area contributed by atoms with Crippen LogP contribution in [0.5, 0.6) is 11.5 Å². The van der Waals surface area contributed by atoms with E-state index in [2.05, 4.69) is 10.1 Å². The number of thiophene rings is 1. The van der Waals surface area contributed by atoms with Crippen LogP contribution in [-0.2, 0) is 0 Å². The lowest BCUT2D eigenvalue weighted by Gasteiger charge is -2.22. The van der Waals surface area contributed by atoms with Gasteiger partial charge in [-0.05, 0) is 12.8 Å². The zero-order valence-corrected chi connectivity index (χ0v) is 14.5. The van der Waals surface area contributed by atoms with Gasteiger partial charge >= 0.3 is 0 Å². The molecule has 0 spiro atoms. The topological polar surface area (TPSA) is 77.7 Å². The Bertz CT molecular complexity index is 754. The highest BCUT2D eigenvalue weighted by Crippen LogP contribution is 2.42. The number of rotatable bonds is 3. The zero-order valence-electron chi connectivity index (χ0n) is 13.7. The number of amides is 1. The predicted octanol–water partition coefficient (Wildman–Crippen LogP) is 3.00. The van der Waals surface area contributed by atoms with Crippen LogP contribution in [0.15, 0.2) is 9.90 Å². The fraction of sp³-hybridized carbons (Fsp3) is 0.562. The lowest BCUT2D eigenvalue weighted by molar-refractivity contribution is 0.0706. The Balaban J connectivity index is 1.60. The second-order valence-corrected chi connectivity index (χ2v) is 7.14. The van der Waals surface area contributed by atoms with E-state index in [-0.39, 0.29) is 17.9 Å². The molecule has 2 aromatic rings. The van der Waals surface area contributed by atoms with E-state index in [1.807, 2.05) is 24.1 Å². The summed E-state index contributed by atoms with van der Waals surface area (Å²) in [6, 6.07) is -0.167. The van der Waals surface area contributed by atoms with Crippen LogP contribution in [0.3, 0.4) is 0 Å². The van der Waals surface area contributed by atoms with Crippen molar-refractivity contribution in [1.82, 2.24) is 15.0 Å². The molecule has 1 fully saturated rings. The van der Waals surface area contributed by atoms with Crippen LogP contribution in [0.4, 0.5) is 0 Å². The van der Waals surface area contributed by atoms with Crippen molar-refractivity contribution in [1.29, 1.82) is 0 Å². The molecule has 1 amide bonds. The second-order valence-electron chi connectivity index (χ2n) is 6.26. The molecule has 0 saturated carbocycles. The molecule has 0 N–H and O–H groups in total. The van der Waals surface area contributed by atoms with E-state index < -0.39 is 0 Å². The third-order valence-electron chi connectivity index (χ3n) is 4.27. The minimum Gasteiger partial charge on any atom is -0.485 e. The fourth-order valence-electron chi connectivity index (χ4n) is 3.02. The Morgan fingerprint density at radius 3 is 3.00 bits per heavy atom. The van der Waals surface area contributed by atoms with Crippen LogP contribution in [0.1, 0.15) is 60.0 Å². The first-order valence-corrected chi connectivity index (χ1v) is 9.04. The summed E-state index contributed by atoms with van der Waals surface area (Å²) in [5.41, 5.74) is 0. The van der Waals surface area contributed by atoms with Gasteiger partial charge in [-0.3, -0.25) is 4.79 Å². The molecule has 0 unspecified atom stereocenters. The lowest BCUT2D eigenvalue weighted by Crippen LogP contribution is -2.30. The van der Waals surface area contributed by atoms with E-state index in [1.165, 1.54) is 11.3 Å². The molecule has 128 valence electrons. The summed E-state index contributed by atoms with van der Waals surface area (Å²) < 4.78 is 16.6. The van der Waals surface area contributed by atoms with Crippen LogP contribution in [0.2, 0.25) is 0 Å².